The molecule has 2 aliphatic carbocycles. The second-order valence-corrected chi connectivity index (χ2v) is 5.82. The van der Waals surface area contributed by atoms with Gasteiger partial charge < -0.3 is 10.6 Å². The largest absolute Gasteiger partial charge is 0.345 e. The van der Waals surface area contributed by atoms with Crippen LogP contribution >= 0.6 is 0 Å². The topological polar surface area (TPSA) is 46.3 Å². The van der Waals surface area contributed by atoms with E-state index in [0.717, 1.165) is 25.3 Å². The first-order valence-electron chi connectivity index (χ1n) is 6.62. The Hall–Kier alpha value is -0.570. The minimum atomic E-state index is -0.190. The third-order valence-corrected chi connectivity index (χ3v) is 4.29. The van der Waals surface area contributed by atoms with Crippen LogP contribution < -0.4 is 5.73 Å². The molecule has 0 bridgehead atoms. The zero-order valence-corrected chi connectivity index (χ0v) is 10.4. The number of carbonyl (C=O) groups is 1. The first-order chi connectivity index (χ1) is 7.59. The SMILES string of the molecule is CN(CC1CCC1)C(=O)CC1(N)CCCC1. The number of hydrogen-bond acceptors (Lipinski definition) is 2. The van der Waals surface area contributed by atoms with Gasteiger partial charge in [-0.05, 0) is 31.6 Å². The van der Waals surface area contributed by atoms with Crippen LogP contribution in [0.25, 0.3) is 0 Å². The molecule has 0 aliphatic heterocycles. The van der Waals surface area contributed by atoms with Crippen molar-refractivity contribution in [2.45, 2.75) is 56.9 Å². The predicted octanol–water partition coefficient (Wildman–Crippen LogP) is 1.91. The molecule has 0 aromatic heterocycles. The van der Waals surface area contributed by atoms with E-state index in [-0.39, 0.29) is 11.4 Å². The number of carbonyl (C=O) groups excluding carboxylic acids is 1. The van der Waals surface area contributed by atoms with E-state index >= 15 is 0 Å². The summed E-state index contributed by atoms with van der Waals surface area (Å²) in [5, 5.41) is 0. The standard InChI is InChI=1S/C13H24N2O/c1-15(10-11-5-4-6-11)12(16)9-13(14)7-2-3-8-13/h11H,2-10,14H2,1H3. The number of nitrogens with zero attached hydrogens (tertiary/aromatic N) is 1. The maximum Gasteiger partial charge on any atom is 0.224 e. The van der Waals surface area contributed by atoms with E-state index in [4.69, 9.17) is 5.73 Å². The fourth-order valence-corrected chi connectivity index (χ4v) is 2.86. The van der Waals surface area contributed by atoms with Gasteiger partial charge in [0.25, 0.3) is 0 Å². The molecular formula is C13H24N2O. The van der Waals surface area contributed by atoms with Gasteiger partial charge in [0.05, 0.1) is 0 Å². The summed E-state index contributed by atoms with van der Waals surface area (Å²) in [7, 11) is 1.93. The van der Waals surface area contributed by atoms with Crippen molar-refractivity contribution < 1.29 is 4.79 Å². The molecule has 3 heteroatoms. The third-order valence-electron chi connectivity index (χ3n) is 4.29. The highest BCUT2D eigenvalue weighted by Gasteiger charge is 2.33. The minimum absolute atomic E-state index is 0.190. The van der Waals surface area contributed by atoms with Gasteiger partial charge >= 0.3 is 0 Å². The Labute approximate surface area is 98.4 Å². The smallest absolute Gasteiger partial charge is 0.224 e. The lowest BCUT2D eigenvalue weighted by Gasteiger charge is -2.32. The Morgan fingerprint density at radius 3 is 2.44 bits per heavy atom. The van der Waals surface area contributed by atoms with Gasteiger partial charge in [0.15, 0.2) is 0 Å². The van der Waals surface area contributed by atoms with E-state index in [2.05, 4.69) is 0 Å². The van der Waals surface area contributed by atoms with Gasteiger partial charge in [-0.1, -0.05) is 19.3 Å². The van der Waals surface area contributed by atoms with E-state index in [9.17, 15) is 4.79 Å². The summed E-state index contributed by atoms with van der Waals surface area (Å²) in [5.41, 5.74) is 6.04. The number of amides is 1. The second kappa shape index (κ2) is 4.74. The molecule has 0 aromatic rings. The molecule has 16 heavy (non-hydrogen) atoms. The van der Waals surface area contributed by atoms with Crippen LogP contribution in [-0.2, 0) is 4.79 Å². The van der Waals surface area contributed by atoms with Crippen molar-refractivity contribution in [1.82, 2.24) is 4.90 Å². The molecule has 2 saturated carbocycles. The lowest BCUT2D eigenvalue weighted by Crippen LogP contribution is -2.44. The molecule has 0 aromatic carbocycles. The van der Waals surface area contributed by atoms with Crippen molar-refractivity contribution in [3.63, 3.8) is 0 Å². The maximum atomic E-state index is 12.0. The number of hydrogen-bond donors (Lipinski definition) is 1. The van der Waals surface area contributed by atoms with Gasteiger partial charge in [0.1, 0.15) is 0 Å². The summed E-state index contributed by atoms with van der Waals surface area (Å²) in [5.74, 6) is 1.00. The summed E-state index contributed by atoms with van der Waals surface area (Å²) >= 11 is 0. The van der Waals surface area contributed by atoms with Gasteiger partial charge in [0, 0.05) is 25.6 Å². The zero-order valence-electron chi connectivity index (χ0n) is 10.4. The van der Waals surface area contributed by atoms with Crippen molar-refractivity contribution in [2.24, 2.45) is 11.7 Å². The van der Waals surface area contributed by atoms with E-state index in [0.29, 0.717) is 6.42 Å². The van der Waals surface area contributed by atoms with Gasteiger partial charge in [-0.25, -0.2) is 0 Å². The average Bonchev–Trinajstić information content (AvgIpc) is 2.58. The van der Waals surface area contributed by atoms with Crippen LogP contribution in [0.15, 0.2) is 0 Å². The highest BCUT2D eigenvalue weighted by molar-refractivity contribution is 5.77. The lowest BCUT2D eigenvalue weighted by atomic mass is 9.85. The lowest BCUT2D eigenvalue weighted by molar-refractivity contribution is -0.132. The Morgan fingerprint density at radius 1 is 1.31 bits per heavy atom. The Morgan fingerprint density at radius 2 is 1.94 bits per heavy atom. The summed E-state index contributed by atoms with van der Waals surface area (Å²) in [6.45, 7) is 0.939. The highest BCUT2D eigenvalue weighted by atomic mass is 16.2. The van der Waals surface area contributed by atoms with E-state index in [1.54, 1.807) is 0 Å². The quantitative estimate of drug-likeness (QED) is 0.793. The van der Waals surface area contributed by atoms with Crippen molar-refractivity contribution in [3.05, 3.63) is 0 Å². The molecule has 0 atom stereocenters. The van der Waals surface area contributed by atoms with Crippen molar-refractivity contribution in [2.75, 3.05) is 13.6 Å². The molecule has 2 rings (SSSR count). The van der Waals surface area contributed by atoms with Crippen LogP contribution in [0.1, 0.15) is 51.4 Å². The Kier molecular flexibility index (Phi) is 3.53. The molecular weight excluding hydrogens is 200 g/mol. The fourth-order valence-electron chi connectivity index (χ4n) is 2.86. The maximum absolute atomic E-state index is 12.0. The molecule has 92 valence electrons. The molecule has 1 amide bonds. The number of rotatable bonds is 4. The van der Waals surface area contributed by atoms with Crippen LogP contribution in [0.3, 0.4) is 0 Å². The van der Waals surface area contributed by atoms with E-state index in [1.807, 2.05) is 11.9 Å². The normalized spacial score (nSPS) is 24.1. The summed E-state index contributed by atoms with van der Waals surface area (Å²) in [4.78, 5) is 13.9. The first kappa shape index (κ1) is 11.9. The molecule has 2 fully saturated rings. The molecule has 2 N–H and O–H groups in total. The molecule has 0 unspecified atom stereocenters. The van der Waals surface area contributed by atoms with Crippen LogP contribution in [0.2, 0.25) is 0 Å². The molecule has 0 saturated heterocycles. The summed E-state index contributed by atoms with van der Waals surface area (Å²) in [6.07, 6.45) is 8.92. The van der Waals surface area contributed by atoms with Crippen LogP contribution in [-0.4, -0.2) is 29.9 Å². The summed E-state index contributed by atoms with van der Waals surface area (Å²) < 4.78 is 0. The Bertz CT molecular complexity index is 255. The monoisotopic (exact) mass is 224 g/mol. The zero-order chi connectivity index (χ0) is 11.6. The van der Waals surface area contributed by atoms with Crippen LogP contribution in [0.4, 0.5) is 0 Å². The van der Waals surface area contributed by atoms with Crippen molar-refractivity contribution in [1.29, 1.82) is 0 Å². The highest BCUT2D eigenvalue weighted by Crippen LogP contribution is 2.31. The second-order valence-electron chi connectivity index (χ2n) is 5.82. The van der Waals surface area contributed by atoms with Gasteiger partial charge in [-0.3, -0.25) is 4.79 Å². The van der Waals surface area contributed by atoms with Crippen molar-refractivity contribution in [3.8, 4) is 0 Å². The molecule has 0 heterocycles. The van der Waals surface area contributed by atoms with E-state index in [1.165, 1.54) is 32.1 Å². The van der Waals surface area contributed by atoms with Gasteiger partial charge in [-0.15, -0.1) is 0 Å². The van der Waals surface area contributed by atoms with E-state index < -0.39 is 0 Å². The average molecular weight is 224 g/mol. The molecule has 0 radical (unpaired) electrons. The van der Waals surface area contributed by atoms with Crippen LogP contribution in [0, 0.1) is 5.92 Å². The van der Waals surface area contributed by atoms with Crippen LogP contribution in [0.5, 0.6) is 0 Å². The molecule has 3 nitrogen and oxygen atoms in total. The first-order valence-corrected chi connectivity index (χ1v) is 6.62. The minimum Gasteiger partial charge on any atom is -0.345 e. The van der Waals surface area contributed by atoms with Gasteiger partial charge in [0.2, 0.25) is 5.91 Å². The predicted molar refractivity (Wildman–Crippen MR) is 65.0 cm³/mol. The van der Waals surface area contributed by atoms with Crippen molar-refractivity contribution >= 4 is 5.91 Å². The van der Waals surface area contributed by atoms with Gasteiger partial charge in [-0.2, -0.15) is 0 Å². The fraction of sp³-hybridized carbons (Fsp3) is 0.923. The Balaban J connectivity index is 1.77. The third kappa shape index (κ3) is 2.76. The summed E-state index contributed by atoms with van der Waals surface area (Å²) in [6, 6.07) is 0. The molecule has 2 aliphatic rings. The number of nitrogens with two attached hydrogens (primary N) is 1. The molecule has 0 spiro atoms.